The standard InChI is InChI=1S/C26H24N2O4/c1-3-31-21-15-13-19(14-16-21)27-25(29)22-23(18-11-9-17(2)10-12-18)28(32-24(22)26(27)30)20-7-5-4-6-8-20/h4-16,22-24H,3H2,1-2H3/t22-,23+,24+/m1/s1. The highest BCUT2D eigenvalue weighted by Crippen LogP contribution is 2.47. The lowest BCUT2D eigenvalue weighted by molar-refractivity contribution is -0.126. The van der Waals surface area contributed by atoms with Gasteiger partial charge in [-0.1, -0.05) is 48.0 Å². The summed E-state index contributed by atoms with van der Waals surface area (Å²) in [6, 6.07) is 24.2. The normalized spacial score (nSPS) is 22.4. The van der Waals surface area contributed by atoms with Gasteiger partial charge in [0.1, 0.15) is 11.7 Å². The van der Waals surface area contributed by atoms with Crippen LogP contribution >= 0.6 is 0 Å². The number of ether oxygens (including phenoxy) is 1. The maximum atomic E-state index is 13.6. The predicted octanol–water partition coefficient (Wildman–Crippen LogP) is 4.44. The van der Waals surface area contributed by atoms with Crippen molar-refractivity contribution in [2.75, 3.05) is 16.6 Å². The fourth-order valence-corrected chi connectivity index (χ4v) is 4.43. The van der Waals surface area contributed by atoms with Crippen molar-refractivity contribution in [3.05, 3.63) is 90.0 Å². The number of nitrogens with zero attached hydrogens (tertiary/aromatic N) is 2. The van der Waals surface area contributed by atoms with Gasteiger partial charge in [0.15, 0.2) is 6.10 Å². The first-order chi connectivity index (χ1) is 15.6. The Labute approximate surface area is 186 Å². The van der Waals surface area contributed by atoms with Crippen LogP contribution in [0.1, 0.15) is 24.1 Å². The second-order valence-electron chi connectivity index (χ2n) is 8.01. The average molecular weight is 428 g/mol. The van der Waals surface area contributed by atoms with E-state index in [-0.39, 0.29) is 11.8 Å². The van der Waals surface area contributed by atoms with E-state index in [0.29, 0.717) is 18.0 Å². The molecule has 2 aliphatic rings. The molecule has 3 aromatic carbocycles. The molecular formula is C26H24N2O4. The molecule has 6 heteroatoms. The minimum absolute atomic E-state index is 0.256. The highest BCUT2D eigenvalue weighted by atomic mass is 16.7. The van der Waals surface area contributed by atoms with Crippen LogP contribution in [0.3, 0.4) is 0 Å². The molecule has 32 heavy (non-hydrogen) atoms. The number of benzene rings is 3. The van der Waals surface area contributed by atoms with Gasteiger partial charge in [-0.15, -0.1) is 0 Å². The van der Waals surface area contributed by atoms with Gasteiger partial charge in [0.05, 0.1) is 24.0 Å². The van der Waals surface area contributed by atoms with E-state index in [2.05, 4.69) is 0 Å². The van der Waals surface area contributed by atoms with E-state index < -0.39 is 18.1 Å². The number of carbonyl (C=O) groups excluding carboxylic acids is 2. The van der Waals surface area contributed by atoms with Crippen LogP contribution in [-0.4, -0.2) is 24.5 Å². The van der Waals surface area contributed by atoms with Crippen LogP contribution in [0.15, 0.2) is 78.9 Å². The van der Waals surface area contributed by atoms with Gasteiger partial charge in [-0.25, -0.2) is 9.96 Å². The summed E-state index contributed by atoms with van der Waals surface area (Å²) in [6.07, 6.45) is -0.874. The highest BCUT2D eigenvalue weighted by molar-refractivity contribution is 6.23. The molecule has 0 spiro atoms. The second kappa shape index (κ2) is 8.13. The van der Waals surface area contributed by atoms with Gasteiger partial charge in [0.25, 0.3) is 5.91 Å². The third-order valence-electron chi connectivity index (χ3n) is 5.95. The van der Waals surface area contributed by atoms with Gasteiger partial charge >= 0.3 is 0 Å². The highest BCUT2D eigenvalue weighted by Gasteiger charge is 2.60. The summed E-state index contributed by atoms with van der Waals surface area (Å²) >= 11 is 0. The number of aryl methyl sites for hydroxylation is 1. The maximum absolute atomic E-state index is 13.6. The minimum atomic E-state index is -0.874. The molecule has 3 atom stereocenters. The molecule has 2 fully saturated rings. The van der Waals surface area contributed by atoms with Crippen molar-refractivity contribution in [2.24, 2.45) is 5.92 Å². The van der Waals surface area contributed by atoms with Gasteiger partial charge in [0, 0.05) is 0 Å². The van der Waals surface area contributed by atoms with E-state index in [9.17, 15) is 9.59 Å². The Morgan fingerprint density at radius 3 is 2.19 bits per heavy atom. The first-order valence-electron chi connectivity index (χ1n) is 10.8. The van der Waals surface area contributed by atoms with Crippen LogP contribution in [0, 0.1) is 12.8 Å². The lowest BCUT2D eigenvalue weighted by Crippen LogP contribution is -2.37. The van der Waals surface area contributed by atoms with E-state index in [1.54, 1.807) is 29.3 Å². The van der Waals surface area contributed by atoms with E-state index in [4.69, 9.17) is 9.57 Å². The lowest BCUT2D eigenvalue weighted by Gasteiger charge is -2.28. The predicted molar refractivity (Wildman–Crippen MR) is 121 cm³/mol. The van der Waals surface area contributed by atoms with Crippen molar-refractivity contribution < 1.29 is 19.2 Å². The van der Waals surface area contributed by atoms with E-state index in [0.717, 1.165) is 16.8 Å². The third kappa shape index (κ3) is 3.33. The number of para-hydroxylation sites is 1. The second-order valence-corrected chi connectivity index (χ2v) is 8.01. The number of hydrogen-bond donors (Lipinski definition) is 0. The molecule has 162 valence electrons. The molecule has 2 heterocycles. The Morgan fingerprint density at radius 1 is 0.844 bits per heavy atom. The van der Waals surface area contributed by atoms with Crippen molar-refractivity contribution >= 4 is 23.2 Å². The summed E-state index contributed by atoms with van der Waals surface area (Å²) in [5.74, 6) is -0.551. The fourth-order valence-electron chi connectivity index (χ4n) is 4.43. The average Bonchev–Trinajstić information content (AvgIpc) is 3.32. The molecule has 0 unspecified atom stereocenters. The van der Waals surface area contributed by atoms with Crippen molar-refractivity contribution in [1.29, 1.82) is 0 Å². The van der Waals surface area contributed by atoms with Gasteiger partial charge in [-0.05, 0) is 55.8 Å². The molecule has 0 bridgehead atoms. The molecule has 3 aromatic rings. The summed E-state index contributed by atoms with van der Waals surface area (Å²) < 4.78 is 5.48. The summed E-state index contributed by atoms with van der Waals surface area (Å²) in [5, 5.41) is 1.71. The topological polar surface area (TPSA) is 59.1 Å². The molecule has 5 rings (SSSR count). The molecular weight excluding hydrogens is 404 g/mol. The van der Waals surface area contributed by atoms with Crippen molar-refractivity contribution in [3.63, 3.8) is 0 Å². The monoisotopic (exact) mass is 428 g/mol. The maximum Gasteiger partial charge on any atom is 0.266 e. The van der Waals surface area contributed by atoms with Crippen LogP contribution in [0.5, 0.6) is 5.75 Å². The van der Waals surface area contributed by atoms with Crippen molar-refractivity contribution in [3.8, 4) is 5.75 Å². The summed E-state index contributed by atoms with van der Waals surface area (Å²) in [5.41, 5.74) is 3.39. The quantitative estimate of drug-likeness (QED) is 0.562. The molecule has 2 saturated heterocycles. The number of fused-ring (bicyclic) bond motifs is 1. The van der Waals surface area contributed by atoms with Gasteiger partial charge in [-0.2, -0.15) is 0 Å². The lowest BCUT2D eigenvalue weighted by atomic mass is 9.90. The molecule has 6 nitrogen and oxygen atoms in total. The molecule has 0 aliphatic carbocycles. The zero-order valence-electron chi connectivity index (χ0n) is 18.0. The Bertz CT molecular complexity index is 1130. The molecule has 0 N–H and O–H groups in total. The Balaban J connectivity index is 1.53. The third-order valence-corrected chi connectivity index (χ3v) is 5.95. The zero-order chi connectivity index (χ0) is 22.2. The van der Waals surface area contributed by atoms with Crippen LogP contribution in [0.4, 0.5) is 11.4 Å². The summed E-state index contributed by atoms with van der Waals surface area (Å²) in [6.45, 7) is 4.47. The minimum Gasteiger partial charge on any atom is -0.494 e. The van der Waals surface area contributed by atoms with E-state index >= 15 is 0 Å². The van der Waals surface area contributed by atoms with E-state index in [1.807, 2.05) is 68.4 Å². The van der Waals surface area contributed by atoms with Crippen LogP contribution in [-0.2, 0) is 14.4 Å². The Kier molecular flexibility index (Phi) is 5.15. The largest absolute Gasteiger partial charge is 0.494 e. The van der Waals surface area contributed by atoms with Crippen molar-refractivity contribution in [2.45, 2.75) is 26.0 Å². The number of imide groups is 1. The first kappa shape index (κ1) is 20.3. The molecule has 2 aliphatic heterocycles. The molecule has 0 radical (unpaired) electrons. The van der Waals surface area contributed by atoms with Gasteiger partial charge in [-0.3, -0.25) is 14.4 Å². The Morgan fingerprint density at radius 2 is 1.53 bits per heavy atom. The number of carbonyl (C=O) groups is 2. The SMILES string of the molecule is CCOc1ccc(N2C(=O)[C@H]3[C@H](ON(c4ccccc4)[C@H]3c3ccc(C)cc3)C2=O)cc1. The number of amides is 2. The first-order valence-corrected chi connectivity index (χ1v) is 10.8. The van der Waals surface area contributed by atoms with Crippen LogP contribution < -0.4 is 14.7 Å². The fraction of sp³-hybridized carbons (Fsp3) is 0.231. The van der Waals surface area contributed by atoms with Crippen LogP contribution in [0.2, 0.25) is 0 Å². The van der Waals surface area contributed by atoms with Gasteiger partial charge in [0.2, 0.25) is 5.91 Å². The van der Waals surface area contributed by atoms with Crippen molar-refractivity contribution in [1.82, 2.24) is 0 Å². The number of hydrogen-bond acceptors (Lipinski definition) is 5. The summed E-state index contributed by atoms with van der Waals surface area (Å²) in [4.78, 5) is 34.3. The molecule has 0 saturated carbocycles. The van der Waals surface area contributed by atoms with Crippen LogP contribution in [0.25, 0.3) is 0 Å². The number of rotatable bonds is 5. The van der Waals surface area contributed by atoms with Gasteiger partial charge < -0.3 is 4.74 Å². The zero-order valence-corrected chi connectivity index (χ0v) is 18.0. The Hall–Kier alpha value is -3.64. The van der Waals surface area contributed by atoms with E-state index in [1.165, 1.54) is 4.90 Å². The number of hydroxylamine groups is 1. The number of anilines is 2. The molecule has 0 aromatic heterocycles. The summed E-state index contributed by atoms with van der Waals surface area (Å²) in [7, 11) is 0. The molecule has 2 amide bonds. The smallest absolute Gasteiger partial charge is 0.266 e.